The normalized spacial score (nSPS) is 16.9. The monoisotopic (exact) mass is 162 g/mol. The third-order valence-corrected chi connectivity index (χ3v) is 1.69. The molecule has 0 radical (unpaired) electrons. The van der Waals surface area contributed by atoms with Crippen LogP contribution >= 0.6 is 0 Å². The van der Waals surface area contributed by atoms with E-state index < -0.39 is 12.5 Å². The third kappa shape index (κ3) is 4.31. The minimum absolute atomic E-state index is 0.210. The van der Waals surface area contributed by atoms with Crippen LogP contribution in [0.15, 0.2) is 0 Å². The van der Waals surface area contributed by atoms with E-state index in [4.69, 9.17) is 10.8 Å². The average Bonchev–Trinajstić information content (AvgIpc) is 1.88. The molecule has 4 N–H and O–H groups in total. The molecule has 0 heterocycles. The van der Waals surface area contributed by atoms with Crippen molar-refractivity contribution in [1.29, 1.82) is 0 Å². The summed E-state index contributed by atoms with van der Waals surface area (Å²) in [5.41, 5.74) is 5.11. The van der Waals surface area contributed by atoms with Crippen LogP contribution in [0.5, 0.6) is 0 Å². The summed E-state index contributed by atoms with van der Waals surface area (Å²) in [6.45, 7) is 5.44. The SMILES string of the molecule is CCN(CC)C(O)CC(N)O. The lowest BCUT2D eigenvalue weighted by molar-refractivity contribution is -0.0244. The predicted octanol–water partition coefficient (Wildman–Crippen LogP) is -0.686. The van der Waals surface area contributed by atoms with Crippen LogP contribution in [0.4, 0.5) is 0 Å². The summed E-state index contributed by atoms with van der Waals surface area (Å²) in [6.07, 6.45) is -1.34. The smallest absolute Gasteiger partial charge is 0.111 e. The van der Waals surface area contributed by atoms with Crippen LogP contribution in [0.3, 0.4) is 0 Å². The van der Waals surface area contributed by atoms with Gasteiger partial charge in [-0.3, -0.25) is 4.90 Å². The van der Waals surface area contributed by atoms with Gasteiger partial charge < -0.3 is 15.9 Å². The minimum atomic E-state index is -0.925. The van der Waals surface area contributed by atoms with Gasteiger partial charge in [0.05, 0.1) is 0 Å². The van der Waals surface area contributed by atoms with E-state index in [0.717, 1.165) is 13.1 Å². The van der Waals surface area contributed by atoms with E-state index in [9.17, 15) is 5.11 Å². The van der Waals surface area contributed by atoms with Crippen LogP contribution in [0, 0.1) is 0 Å². The highest BCUT2D eigenvalue weighted by molar-refractivity contribution is 4.60. The van der Waals surface area contributed by atoms with Gasteiger partial charge in [-0.1, -0.05) is 13.8 Å². The molecule has 68 valence electrons. The predicted molar refractivity (Wildman–Crippen MR) is 43.7 cm³/mol. The molecule has 4 heteroatoms. The Hall–Kier alpha value is -0.160. The van der Waals surface area contributed by atoms with Gasteiger partial charge in [-0.15, -0.1) is 0 Å². The van der Waals surface area contributed by atoms with E-state index >= 15 is 0 Å². The second-order valence-corrected chi connectivity index (χ2v) is 2.50. The van der Waals surface area contributed by atoms with Crippen LogP contribution < -0.4 is 5.73 Å². The van der Waals surface area contributed by atoms with Crippen LogP contribution in [0.25, 0.3) is 0 Å². The molecule has 0 saturated carbocycles. The minimum Gasteiger partial charge on any atom is -0.379 e. The first-order valence-corrected chi connectivity index (χ1v) is 3.97. The van der Waals surface area contributed by atoms with E-state index in [0.29, 0.717) is 0 Å². The number of hydrogen-bond acceptors (Lipinski definition) is 4. The van der Waals surface area contributed by atoms with Gasteiger partial charge in [0, 0.05) is 6.42 Å². The first-order chi connectivity index (χ1) is 5.11. The van der Waals surface area contributed by atoms with Gasteiger partial charge in [0.2, 0.25) is 0 Å². The molecule has 0 bridgehead atoms. The van der Waals surface area contributed by atoms with E-state index in [-0.39, 0.29) is 6.42 Å². The molecule has 0 aromatic carbocycles. The van der Waals surface area contributed by atoms with Crippen molar-refractivity contribution in [3.63, 3.8) is 0 Å². The second-order valence-electron chi connectivity index (χ2n) is 2.50. The highest BCUT2D eigenvalue weighted by Gasteiger charge is 2.13. The van der Waals surface area contributed by atoms with Crippen molar-refractivity contribution in [1.82, 2.24) is 4.90 Å². The molecule has 0 aliphatic carbocycles. The Kier molecular flexibility index (Phi) is 5.41. The molecule has 0 aliphatic heterocycles. The third-order valence-electron chi connectivity index (χ3n) is 1.69. The molecule has 0 amide bonds. The van der Waals surface area contributed by atoms with Crippen molar-refractivity contribution >= 4 is 0 Å². The van der Waals surface area contributed by atoms with Gasteiger partial charge in [-0.2, -0.15) is 0 Å². The van der Waals surface area contributed by atoms with E-state index in [1.807, 2.05) is 18.7 Å². The van der Waals surface area contributed by atoms with Crippen molar-refractivity contribution in [3.8, 4) is 0 Å². The molecule has 0 aromatic rings. The largest absolute Gasteiger partial charge is 0.379 e. The van der Waals surface area contributed by atoms with Crippen molar-refractivity contribution in [3.05, 3.63) is 0 Å². The first-order valence-electron chi connectivity index (χ1n) is 3.97. The lowest BCUT2D eigenvalue weighted by Crippen LogP contribution is -2.39. The van der Waals surface area contributed by atoms with Gasteiger partial charge in [0.15, 0.2) is 0 Å². The highest BCUT2D eigenvalue weighted by atomic mass is 16.3. The van der Waals surface area contributed by atoms with Crippen LogP contribution in [-0.2, 0) is 0 Å². The van der Waals surface area contributed by atoms with E-state index in [2.05, 4.69) is 0 Å². The molecule has 2 atom stereocenters. The first kappa shape index (κ1) is 10.8. The Bertz CT molecular complexity index is 94.4. The fourth-order valence-electron chi connectivity index (χ4n) is 1.01. The summed E-state index contributed by atoms with van der Waals surface area (Å²) in [5.74, 6) is 0. The topological polar surface area (TPSA) is 69.7 Å². The highest BCUT2D eigenvalue weighted by Crippen LogP contribution is 2.00. The van der Waals surface area contributed by atoms with Gasteiger partial charge in [-0.25, -0.2) is 0 Å². The van der Waals surface area contributed by atoms with Crippen LogP contribution in [-0.4, -0.2) is 40.7 Å². The lowest BCUT2D eigenvalue weighted by Gasteiger charge is -2.25. The van der Waals surface area contributed by atoms with Crippen molar-refractivity contribution in [2.75, 3.05) is 13.1 Å². The summed E-state index contributed by atoms with van der Waals surface area (Å²) in [5, 5.41) is 18.1. The number of aliphatic hydroxyl groups excluding tert-OH is 2. The van der Waals surface area contributed by atoms with Crippen molar-refractivity contribution in [2.24, 2.45) is 5.73 Å². The zero-order chi connectivity index (χ0) is 8.85. The number of nitrogens with two attached hydrogens (primary N) is 1. The van der Waals surface area contributed by atoms with Crippen LogP contribution in [0.1, 0.15) is 20.3 Å². The number of nitrogens with zero attached hydrogens (tertiary/aromatic N) is 1. The molecular weight excluding hydrogens is 144 g/mol. The standard InChI is InChI=1S/C7H18N2O2/c1-3-9(4-2)7(11)5-6(8)10/h6-7,10-11H,3-5,8H2,1-2H3. The van der Waals surface area contributed by atoms with Crippen LogP contribution in [0.2, 0.25) is 0 Å². The summed E-state index contributed by atoms with van der Waals surface area (Å²) < 4.78 is 0. The summed E-state index contributed by atoms with van der Waals surface area (Å²) in [6, 6.07) is 0. The molecule has 0 fully saturated rings. The molecule has 0 aliphatic rings. The quantitative estimate of drug-likeness (QED) is 0.468. The van der Waals surface area contributed by atoms with Gasteiger partial charge in [0.25, 0.3) is 0 Å². The van der Waals surface area contributed by atoms with E-state index in [1.54, 1.807) is 0 Å². The Morgan fingerprint density at radius 2 is 1.73 bits per heavy atom. The zero-order valence-corrected chi connectivity index (χ0v) is 7.20. The lowest BCUT2D eigenvalue weighted by atomic mass is 10.3. The summed E-state index contributed by atoms with van der Waals surface area (Å²) in [4.78, 5) is 1.83. The van der Waals surface area contributed by atoms with Crippen molar-refractivity contribution < 1.29 is 10.2 Å². The Labute approximate surface area is 67.6 Å². The van der Waals surface area contributed by atoms with Gasteiger partial charge in [-0.05, 0) is 13.1 Å². The van der Waals surface area contributed by atoms with Gasteiger partial charge in [0.1, 0.15) is 12.5 Å². The zero-order valence-electron chi connectivity index (χ0n) is 7.20. The number of rotatable bonds is 5. The molecule has 4 nitrogen and oxygen atoms in total. The maximum Gasteiger partial charge on any atom is 0.111 e. The Morgan fingerprint density at radius 3 is 2.00 bits per heavy atom. The Morgan fingerprint density at radius 1 is 1.27 bits per heavy atom. The van der Waals surface area contributed by atoms with E-state index in [1.165, 1.54) is 0 Å². The van der Waals surface area contributed by atoms with Crippen molar-refractivity contribution in [2.45, 2.75) is 32.7 Å². The molecule has 0 saturated heterocycles. The fraction of sp³-hybridized carbons (Fsp3) is 1.00. The molecule has 11 heavy (non-hydrogen) atoms. The second kappa shape index (κ2) is 5.49. The number of hydrogen-bond donors (Lipinski definition) is 3. The molecule has 0 aromatic heterocycles. The molecular formula is C7H18N2O2. The summed E-state index contributed by atoms with van der Waals surface area (Å²) >= 11 is 0. The molecule has 2 unspecified atom stereocenters. The maximum absolute atomic E-state index is 9.37. The Balaban J connectivity index is 3.68. The van der Waals surface area contributed by atoms with Gasteiger partial charge >= 0.3 is 0 Å². The fourth-order valence-corrected chi connectivity index (χ4v) is 1.01. The summed E-state index contributed by atoms with van der Waals surface area (Å²) in [7, 11) is 0. The number of aliphatic hydroxyl groups is 2. The maximum atomic E-state index is 9.37. The average molecular weight is 162 g/mol. The molecule has 0 spiro atoms. The molecule has 0 rings (SSSR count).